The topological polar surface area (TPSA) is 58.2 Å². The van der Waals surface area contributed by atoms with E-state index in [2.05, 4.69) is 10.2 Å². The van der Waals surface area contributed by atoms with Crippen molar-refractivity contribution in [3.05, 3.63) is 71.6 Å². The maximum absolute atomic E-state index is 14.8. The van der Waals surface area contributed by atoms with Crippen LogP contribution in [0.15, 0.2) is 48.7 Å². The molecule has 2 aromatic carbocycles. The number of H-pyrrole nitrogens is 1. The molecular formula is C22H21F2N3O2. The Morgan fingerprint density at radius 1 is 1.17 bits per heavy atom. The van der Waals surface area contributed by atoms with Gasteiger partial charge in [0.25, 0.3) is 5.91 Å². The molecule has 1 N–H and O–H groups in total. The average molecular weight is 397 g/mol. The Morgan fingerprint density at radius 2 is 2.03 bits per heavy atom. The van der Waals surface area contributed by atoms with Gasteiger partial charge in [0.15, 0.2) is 0 Å². The first-order chi connectivity index (χ1) is 14.1. The van der Waals surface area contributed by atoms with Crippen LogP contribution in [0.3, 0.4) is 0 Å². The number of carbonyl (C=O) groups is 1. The van der Waals surface area contributed by atoms with Crippen molar-refractivity contribution >= 4 is 5.91 Å². The van der Waals surface area contributed by atoms with Gasteiger partial charge in [-0.15, -0.1) is 0 Å². The van der Waals surface area contributed by atoms with Gasteiger partial charge in [0.05, 0.1) is 12.7 Å². The molecule has 4 rings (SSSR count). The number of nitrogens with zero attached hydrogens (tertiary/aromatic N) is 2. The van der Waals surface area contributed by atoms with Gasteiger partial charge >= 0.3 is 0 Å². The molecule has 0 spiro atoms. The van der Waals surface area contributed by atoms with E-state index in [1.807, 2.05) is 6.07 Å². The van der Waals surface area contributed by atoms with E-state index in [4.69, 9.17) is 4.74 Å². The van der Waals surface area contributed by atoms with Crippen LogP contribution in [0.25, 0.3) is 11.1 Å². The van der Waals surface area contributed by atoms with Crippen LogP contribution in [0.4, 0.5) is 8.78 Å². The van der Waals surface area contributed by atoms with Crippen LogP contribution in [0.1, 0.15) is 34.8 Å². The lowest BCUT2D eigenvalue weighted by molar-refractivity contribution is 0.0701. The van der Waals surface area contributed by atoms with Crippen molar-refractivity contribution in [3.63, 3.8) is 0 Å². The molecule has 0 radical (unpaired) electrons. The summed E-state index contributed by atoms with van der Waals surface area (Å²) in [5.41, 5.74) is 1.59. The van der Waals surface area contributed by atoms with Gasteiger partial charge in [-0.1, -0.05) is 6.07 Å². The van der Waals surface area contributed by atoms with Gasteiger partial charge in [-0.25, -0.2) is 8.78 Å². The van der Waals surface area contributed by atoms with Crippen LogP contribution in [0.2, 0.25) is 0 Å². The zero-order chi connectivity index (χ0) is 20.4. The van der Waals surface area contributed by atoms with Crippen LogP contribution >= 0.6 is 0 Å². The third-order valence-corrected chi connectivity index (χ3v) is 5.36. The number of methoxy groups -OCH3 is 1. The number of nitrogens with one attached hydrogen (secondary N) is 1. The third-order valence-electron chi connectivity index (χ3n) is 5.36. The highest BCUT2D eigenvalue weighted by Crippen LogP contribution is 2.30. The lowest BCUT2D eigenvalue weighted by atomic mass is 9.94. The molecule has 150 valence electrons. The molecule has 1 fully saturated rings. The van der Waals surface area contributed by atoms with E-state index in [1.54, 1.807) is 23.2 Å². The van der Waals surface area contributed by atoms with Gasteiger partial charge in [0.2, 0.25) is 0 Å². The maximum atomic E-state index is 14.8. The fraction of sp³-hybridized carbons (Fsp3) is 0.273. The Kier molecular flexibility index (Phi) is 5.29. The highest BCUT2D eigenvalue weighted by molar-refractivity contribution is 5.95. The molecule has 1 aromatic heterocycles. The Balaban J connectivity index is 1.55. The molecule has 1 saturated heterocycles. The quantitative estimate of drug-likeness (QED) is 0.711. The van der Waals surface area contributed by atoms with Gasteiger partial charge in [-0.3, -0.25) is 9.89 Å². The van der Waals surface area contributed by atoms with Crippen molar-refractivity contribution in [2.45, 2.75) is 18.8 Å². The molecule has 1 unspecified atom stereocenters. The predicted octanol–water partition coefficient (Wildman–Crippen LogP) is 4.38. The Hall–Kier alpha value is -3.22. The highest BCUT2D eigenvalue weighted by atomic mass is 19.1. The summed E-state index contributed by atoms with van der Waals surface area (Å²) in [6, 6.07) is 10.5. The maximum Gasteiger partial charge on any atom is 0.256 e. The number of carbonyl (C=O) groups excluding carboxylic acids is 1. The van der Waals surface area contributed by atoms with Gasteiger partial charge < -0.3 is 9.64 Å². The minimum atomic E-state index is -0.661. The third kappa shape index (κ3) is 3.85. The first kappa shape index (κ1) is 19.1. The summed E-state index contributed by atoms with van der Waals surface area (Å²) in [5, 5.41) is 6.92. The van der Waals surface area contributed by atoms with E-state index in [9.17, 15) is 13.6 Å². The molecular weight excluding hydrogens is 376 g/mol. The zero-order valence-corrected chi connectivity index (χ0v) is 16.0. The molecule has 2 heterocycles. The van der Waals surface area contributed by atoms with Crippen molar-refractivity contribution in [3.8, 4) is 16.9 Å². The fourth-order valence-corrected chi connectivity index (χ4v) is 3.79. The molecule has 0 saturated carbocycles. The van der Waals surface area contributed by atoms with E-state index in [1.165, 1.54) is 31.4 Å². The largest absolute Gasteiger partial charge is 0.497 e. The van der Waals surface area contributed by atoms with Crippen LogP contribution in [0, 0.1) is 11.6 Å². The first-order valence-electron chi connectivity index (χ1n) is 9.49. The second-order valence-corrected chi connectivity index (χ2v) is 7.14. The van der Waals surface area contributed by atoms with Crippen LogP contribution in [0.5, 0.6) is 5.75 Å². The van der Waals surface area contributed by atoms with Crippen LogP contribution in [-0.4, -0.2) is 41.2 Å². The molecule has 5 nitrogen and oxygen atoms in total. The van der Waals surface area contributed by atoms with Crippen molar-refractivity contribution in [2.24, 2.45) is 0 Å². The minimum Gasteiger partial charge on any atom is -0.497 e. The Labute approximate surface area is 167 Å². The number of piperidine rings is 1. The van der Waals surface area contributed by atoms with Crippen LogP contribution in [-0.2, 0) is 0 Å². The van der Waals surface area contributed by atoms with Crippen molar-refractivity contribution in [1.29, 1.82) is 0 Å². The molecule has 1 aliphatic heterocycles. The number of amides is 1. The summed E-state index contributed by atoms with van der Waals surface area (Å²) < 4.78 is 34.1. The average Bonchev–Trinajstić information content (AvgIpc) is 3.28. The SMILES string of the molecule is COc1ccc(-c2ccc(C(=O)N3CCCC(c4ccn[nH]4)C3)c(F)c2)c(F)c1. The number of hydrogen-bond acceptors (Lipinski definition) is 3. The summed E-state index contributed by atoms with van der Waals surface area (Å²) >= 11 is 0. The molecule has 1 aliphatic rings. The lowest BCUT2D eigenvalue weighted by Crippen LogP contribution is -2.39. The van der Waals surface area contributed by atoms with Gasteiger partial charge in [-0.2, -0.15) is 5.10 Å². The number of benzene rings is 2. The van der Waals surface area contributed by atoms with Gasteiger partial charge in [0, 0.05) is 42.5 Å². The highest BCUT2D eigenvalue weighted by Gasteiger charge is 2.27. The summed E-state index contributed by atoms with van der Waals surface area (Å²) in [7, 11) is 1.45. The number of halogens is 2. The summed E-state index contributed by atoms with van der Waals surface area (Å²) in [6.45, 7) is 1.09. The fourth-order valence-electron chi connectivity index (χ4n) is 3.79. The Morgan fingerprint density at radius 3 is 2.72 bits per heavy atom. The van der Waals surface area contributed by atoms with Crippen molar-refractivity contribution in [2.75, 3.05) is 20.2 Å². The summed E-state index contributed by atoms with van der Waals surface area (Å²) in [4.78, 5) is 14.6. The summed E-state index contributed by atoms with van der Waals surface area (Å²) in [6.07, 6.45) is 3.48. The minimum absolute atomic E-state index is 0.00655. The first-order valence-corrected chi connectivity index (χ1v) is 9.49. The zero-order valence-electron chi connectivity index (χ0n) is 16.0. The number of hydrogen-bond donors (Lipinski definition) is 1. The molecule has 0 aliphatic carbocycles. The number of aromatic nitrogens is 2. The molecule has 7 heteroatoms. The van der Waals surface area contributed by atoms with Crippen molar-refractivity contribution in [1.82, 2.24) is 15.1 Å². The number of aromatic amines is 1. The number of ether oxygens (including phenoxy) is 1. The van der Waals surface area contributed by atoms with E-state index >= 15 is 0 Å². The normalized spacial score (nSPS) is 16.7. The number of likely N-dealkylation sites (tertiary alicyclic amines) is 1. The molecule has 1 amide bonds. The van der Waals surface area contributed by atoms with E-state index in [-0.39, 0.29) is 23.0 Å². The second-order valence-electron chi connectivity index (χ2n) is 7.14. The van der Waals surface area contributed by atoms with E-state index < -0.39 is 11.6 Å². The van der Waals surface area contributed by atoms with Gasteiger partial charge in [0.1, 0.15) is 17.4 Å². The molecule has 0 bridgehead atoms. The Bertz CT molecular complexity index is 1020. The standard InChI is InChI=1S/C22H21F2N3O2/c1-29-16-5-7-17(20(24)12-16)14-4-6-18(19(23)11-14)22(28)27-10-2-3-15(13-27)21-8-9-25-26-21/h4-9,11-12,15H,2-3,10,13H2,1H3,(H,25,26). The number of rotatable bonds is 4. The molecule has 3 aromatic rings. The molecule has 1 atom stereocenters. The van der Waals surface area contributed by atoms with E-state index in [0.717, 1.165) is 18.5 Å². The van der Waals surface area contributed by atoms with Crippen LogP contribution < -0.4 is 4.74 Å². The summed E-state index contributed by atoms with van der Waals surface area (Å²) in [5.74, 6) is -0.984. The van der Waals surface area contributed by atoms with Gasteiger partial charge in [-0.05, 0) is 48.7 Å². The molecule has 29 heavy (non-hydrogen) atoms. The lowest BCUT2D eigenvalue weighted by Gasteiger charge is -2.32. The van der Waals surface area contributed by atoms with Crippen molar-refractivity contribution < 1.29 is 18.3 Å². The monoisotopic (exact) mass is 397 g/mol. The smallest absolute Gasteiger partial charge is 0.256 e. The van der Waals surface area contributed by atoms with E-state index in [0.29, 0.717) is 24.4 Å². The predicted molar refractivity (Wildman–Crippen MR) is 105 cm³/mol. The second kappa shape index (κ2) is 8.03.